The number of nitrogens with one attached hydrogen (secondary N) is 8. The molecule has 3 aliphatic rings. The highest BCUT2D eigenvalue weighted by Gasteiger charge is 2.43. The van der Waals surface area contributed by atoms with Gasteiger partial charge < -0.3 is 91.2 Å². The summed E-state index contributed by atoms with van der Waals surface area (Å²) in [6.07, 6.45) is 0.430. The lowest BCUT2D eigenvalue weighted by Gasteiger charge is -2.32. The minimum atomic E-state index is -1.65. The monoisotopic (exact) mass is 1220 g/mol. The summed E-state index contributed by atoms with van der Waals surface area (Å²) in [5.41, 5.74) is 28.5. The number of hydrogen-bond acceptors (Lipinski definition) is 18. The first kappa shape index (κ1) is 69.7. The molecule has 20 N–H and O–H groups in total. The minimum Gasteiger partial charge on any atom is -0.391 e. The van der Waals surface area contributed by atoms with Crippen molar-refractivity contribution in [3.63, 3.8) is 0 Å². The molecule has 468 valence electrons. The predicted octanol–water partition coefficient (Wildman–Crippen LogP) is -4.94. The zero-order valence-corrected chi connectivity index (χ0v) is 49.5. The molecule has 0 radical (unpaired) electrons. The molecule has 0 bridgehead atoms. The van der Waals surface area contributed by atoms with Gasteiger partial charge in [0.05, 0.1) is 12.2 Å². The lowest BCUT2D eigenvalue weighted by atomic mass is 10.0. The molecule has 4 rings (SSSR count). The van der Waals surface area contributed by atoms with Crippen molar-refractivity contribution in [1.82, 2.24) is 52.3 Å². The first-order chi connectivity index (χ1) is 40.0. The van der Waals surface area contributed by atoms with E-state index in [1.165, 1.54) is 30.6 Å². The van der Waals surface area contributed by atoms with E-state index in [1.807, 2.05) is 0 Å². The van der Waals surface area contributed by atoms with Crippen molar-refractivity contribution in [3.05, 3.63) is 35.9 Å². The molecule has 0 saturated carbocycles. The second-order valence-electron chi connectivity index (χ2n) is 21.1. The minimum absolute atomic E-state index is 0.0155. The number of aliphatic hydroxyl groups excluding tert-OH is 2. The highest BCUT2D eigenvalue weighted by atomic mass is 33.1. The van der Waals surface area contributed by atoms with Gasteiger partial charge in [-0.1, -0.05) is 51.9 Å². The maximum absolute atomic E-state index is 14.7. The molecule has 0 aliphatic carbocycles. The number of benzene rings is 1. The molecule has 11 amide bonds. The van der Waals surface area contributed by atoms with Crippen LogP contribution in [0.3, 0.4) is 0 Å². The van der Waals surface area contributed by atoms with Crippen LogP contribution in [0.15, 0.2) is 35.3 Å². The van der Waals surface area contributed by atoms with Crippen molar-refractivity contribution in [1.29, 1.82) is 0 Å². The Bertz CT molecular complexity index is 2460. The Morgan fingerprint density at radius 2 is 1.30 bits per heavy atom. The number of likely N-dealkylation sites (tertiary alicyclic amines) is 1. The Balaban J connectivity index is 1.66. The van der Waals surface area contributed by atoms with Crippen LogP contribution in [0.1, 0.15) is 103 Å². The van der Waals surface area contributed by atoms with Gasteiger partial charge in [0.2, 0.25) is 65.0 Å². The average Bonchev–Trinajstić information content (AvgIpc) is 3.84. The number of amides is 11. The number of guanidine groups is 1. The van der Waals surface area contributed by atoms with Crippen molar-refractivity contribution >= 4 is 92.5 Å². The molecule has 3 heterocycles. The number of nitrogens with two attached hydrogens (primary N) is 5. The van der Waals surface area contributed by atoms with Crippen LogP contribution in [0, 0.1) is 0 Å². The molecule has 3 aliphatic heterocycles. The van der Waals surface area contributed by atoms with Crippen LogP contribution in [0.2, 0.25) is 0 Å². The molecule has 1 aromatic rings. The van der Waals surface area contributed by atoms with Crippen LogP contribution in [0.25, 0.3) is 0 Å². The van der Waals surface area contributed by atoms with E-state index in [0.29, 0.717) is 50.6 Å². The van der Waals surface area contributed by atoms with E-state index < -0.39 is 138 Å². The Morgan fingerprint density at radius 1 is 0.690 bits per heavy atom. The van der Waals surface area contributed by atoms with Gasteiger partial charge in [0.15, 0.2) is 5.96 Å². The number of rotatable bonds is 29. The molecular formula is C53H86N16O13S2. The number of aliphatic hydroxyl groups is 2. The first-order valence-corrected chi connectivity index (χ1v) is 30.9. The van der Waals surface area contributed by atoms with Crippen LogP contribution >= 0.6 is 21.6 Å². The fraction of sp³-hybridized carbons (Fsp3) is 0.660. The maximum atomic E-state index is 14.7. The van der Waals surface area contributed by atoms with Gasteiger partial charge in [0.25, 0.3) is 0 Å². The smallest absolute Gasteiger partial charge is 0.246 e. The third-order valence-electron chi connectivity index (χ3n) is 14.3. The Morgan fingerprint density at radius 3 is 1.92 bits per heavy atom. The van der Waals surface area contributed by atoms with Crippen molar-refractivity contribution in [2.45, 2.75) is 177 Å². The van der Waals surface area contributed by atoms with E-state index in [2.05, 4.69) is 47.5 Å². The average molecular weight is 1220 g/mol. The Hall–Kier alpha value is -6.80. The van der Waals surface area contributed by atoms with Gasteiger partial charge in [-0.15, -0.1) is 0 Å². The largest absolute Gasteiger partial charge is 0.391 e. The van der Waals surface area contributed by atoms with Gasteiger partial charge in [-0.05, 0) is 110 Å². The first-order valence-electron chi connectivity index (χ1n) is 28.4. The second kappa shape index (κ2) is 35.5. The summed E-state index contributed by atoms with van der Waals surface area (Å²) in [6.45, 7) is 4.71. The summed E-state index contributed by atoms with van der Waals surface area (Å²) >= 11 is 0. The van der Waals surface area contributed by atoms with Crippen LogP contribution in [-0.4, -0.2) is 208 Å². The third kappa shape index (κ3) is 22.0. The van der Waals surface area contributed by atoms with E-state index in [4.69, 9.17) is 28.7 Å². The summed E-state index contributed by atoms with van der Waals surface area (Å²) in [7, 11) is 2.02. The van der Waals surface area contributed by atoms with Gasteiger partial charge in [0, 0.05) is 44.5 Å². The van der Waals surface area contributed by atoms with Gasteiger partial charge >= 0.3 is 0 Å². The highest BCUT2D eigenvalue weighted by molar-refractivity contribution is 8.76. The van der Waals surface area contributed by atoms with Crippen molar-refractivity contribution in [2.75, 3.05) is 44.2 Å². The summed E-state index contributed by atoms with van der Waals surface area (Å²) in [5, 5.41) is 42.3. The SMILES string of the molecule is CC(=O)N[C@@H](CCCCN)C(=O)N1CCC[C@H]1C(=O)N[C@H](C(=O)N[C@H]1CSSC[C@@H](C(=O)N[C@@H](CCCN=C(N)N)C(=O)N[C@@H](CCCCN)C(=O)N[C@H](C(N)=O)[C@@H](C)O)NC(=O)[C@H](Cc2ccccc2)NC(=O)[C@@H]2CCCN2C1=O)[C@@H](C)O. The molecule has 84 heavy (non-hydrogen) atoms. The van der Waals surface area contributed by atoms with Crippen LogP contribution in [0.5, 0.6) is 0 Å². The molecule has 0 unspecified atom stereocenters. The van der Waals surface area contributed by atoms with Gasteiger partial charge in [-0.25, -0.2) is 0 Å². The lowest BCUT2D eigenvalue weighted by molar-refractivity contribution is -0.143. The molecule has 3 saturated heterocycles. The van der Waals surface area contributed by atoms with E-state index in [1.54, 1.807) is 30.3 Å². The standard InChI is InChI=1S/C53H86N16O13S2/c1-29(70)41(43(56)73)66-45(75)33(16-7-9-21-54)61-44(74)34(18-11-23-59-53(57)58)62-47(77)37-27-83-84-28-38(52(82)69-25-12-19-39(69)48(78)63-36(46(76)64-37)26-32-14-5-4-6-15-32)65-50(80)42(30(2)71)67-49(79)40-20-13-24-68(40)51(81)35(60-31(3)72)17-8-10-22-55/h4-6,14-15,29-30,33-42,70-71H,7-13,16-28,54-55H2,1-3H3,(H2,56,73)(H,60,72)(H,61,74)(H,62,77)(H,63,78)(H,64,76)(H,65,80)(H,66,75)(H,67,79)(H4,57,58,59)/t29-,30-,33+,34+,35+,36+,37+,38+,39+,40+,41+,42+/m1/s1. The van der Waals surface area contributed by atoms with E-state index in [0.717, 1.165) is 21.6 Å². The molecule has 31 heteroatoms. The predicted molar refractivity (Wildman–Crippen MR) is 314 cm³/mol. The summed E-state index contributed by atoms with van der Waals surface area (Å²) in [5.74, 6) is -9.17. The normalized spacial score (nSPS) is 21.9. The summed E-state index contributed by atoms with van der Waals surface area (Å²) in [4.78, 5) is 159. The molecule has 12 atom stereocenters. The number of aliphatic imine (C=N–C) groups is 1. The molecule has 3 fully saturated rings. The number of primary amides is 1. The maximum Gasteiger partial charge on any atom is 0.246 e. The molecule has 0 spiro atoms. The number of hydrogen-bond donors (Lipinski definition) is 15. The molecular weight excluding hydrogens is 1130 g/mol. The van der Waals surface area contributed by atoms with Crippen LogP contribution in [0.4, 0.5) is 0 Å². The topological polar surface area (TPSA) is 473 Å². The number of fused-ring (bicyclic) bond motifs is 1. The summed E-state index contributed by atoms with van der Waals surface area (Å²) < 4.78 is 0. The molecule has 29 nitrogen and oxygen atoms in total. The van der Waals surface area contributed by atoms with E-state index in [9.17, 15) is 63.0 Å². The van der Waals surface area contributed by atoms with Crippen molar-refractivity contribution in [2.24, 2.45) is 33.7 Å². The van der Waals surface area contributed by atoms with Crippen molar-refractivity contribution in [3.8, 4) is 0 Å². The van der Waals surface area contributed by atoms with Gasteiger partial charge in [-0.3, -0.25) is 57.7 Å². The quantitative estimate of drug-likeness (QED) is 0.0155. The van der Waals surface area contributed by atoms with Gasteiger partial charge in [-0.2, -0.15) is 0 Å². The molecule has 1 aromatic carbocycles. The third-order valence-corrected chi connectivity index (χ3v) is 16.7. The zero-order valence-electron chi connectivity index (χ0n) is 47.9. The number of carbonyl (C=O) groups excluding carboxylic acids is 11. The second-order valence-corrected chi connectivity index (χ2v) is 23.6. The van der Waals surface area contributed by atoms with Gasteiger partial charge in [0.1, 0.15) is 60.4 Å². The number of unbranched alkanes of at least 4 members (excludes halogenated alkanes) is 2. The number of carbonyl (C=O) groups is 11. The Labute approximate surface area is 496 Å². The van der Waals surface area contributed by atoms with E-state index >= 15 is 0 Å². The number of nitrogens with zero attached hydrogens (tertiary/aromatic N) is 3. The highest BCUT2D eigenvalue weighted by Crippen LogP contribution is 2.27. The van der Waals surface area contributed by atoms with Crippen molar-refractivity contribution < 1.29 is 63.0 Å². The van der Waals surface area contributed by atoms with E-state index in [-0.39, 0.29) is 88.6 Å². The van der Waals surface area contributed by atoms with Crippen LogP contribution in [-0.2, 0) is 59.2 Å². The lowest BCUT2D eigenvalue weighted by Crippen LogP contribution is -2.62. The zero-order chi connectivity index (χ0) is 62.0. The molecule has 0 aromatic heterocycles. The Kier molecular flexibility index (Phi) is 29.4. The fourth-order valence-electron chi connectivity index (χ4n) is 9.87. The van der Waals surface area contributed by atoms with Crippen LogP contribution < -0.4 is 71.2 Å². The summed E-state index contributed by atoms with van der Waals surface area (Å²) in [6, 6.07) is -4.52. The fourth-order valence-corrected chi connectivity index (χ4v) is 12.2.